The molecule has 62 valence electrons. The zero-order valence-corrected chi connectivity index (χ0v) is 6.42. The minimum absolute atomic E-state index is 0.255. The van der Waals surface area contributed by atoms with Crippen LogP contribution in [0.4, 0.5) is 0 Å². The third kappa shape index (κ3) is 0.805. The molecule has 0 amide bonds. The van der Waals surface area contributed by atoms with Crippen molar-refractivity contribution >= 4 is 5.97 Å². The third-order valence-electron chi connectivity index (χ3n) is 3.29. The highest BCUT2D eigenvalue weighted by Gasteiger charge is 2.53. The van der Waals surface area contributed by atoms with Crippen molar-refractivity contribution in [1.82, 2.24) is 0 Å². The highest BCUT2D eigenvalue weighted by molar-refractivity contribution is 5.79. The molecule has 2 saturated carbocycles. The molecule has 0 unspecified atom stereocenters. The largest absolute Gasteiger partial charge is 0.480 e. The number of carboxylic acid groups (broad SMARTS) is 1. The van der Waals surface area contributed by atoms with Crippen molar-refractivity contribution in [1.29, 1.82) is 0 Å². The van der Waals surface area contributed by atoms with Gasteiger partial charge in [-0.15, -0.1) is 0 Å². The molecule has 3 nitrogen and oxygen atoms in total. The summed E-state index contributed by atoms with van der Waals surface area (Å²) in [6.45, 7) is 0. The molecule has 3 heteroatoms. The summed E-state index contributed by atoms with van der Waals surface area (Å²) in [7, 11) is 0. The van der Waals surface area contributed by atoms with Gasteiger partial charge in [-0.2, -0.15) is 0 Å². The van der Waals surface area contributed by atoms with Crippen LogP contribution < -0.4 is 5.73 Å². The van der Waals surface area contributed by atoms with E-state index in [0.717, 1.165) is 12.8 Å². The minimum atomic E-state index is -0.872. The van der Waals surface area contributed by atoms with Crippen LogP contribution in [0, 0.1) is 11.8 Å². The fraction of sp³-hybridized carbons (Fsp3) is 0.875. The summed E-state index contributed by atoms with van der Waals surface area (Å²) in [5.41, 5.74) is 4.92. The lowest BCUT2D eigenvalue weighted by Gasteiger charge is -2.28. The Bertz CT molecular complexity index is 204. The van der Waals surface area contributed by atoms with Crippen molar-refractivity contribution in [3.63, 3.8) is 0 Å². The number of carboxylic acids is 1. The fourth-order valence-electron chi connectivity index (χ4n) is 2.63. The Kier molecular flexibility index (Phi) is 1.27. The van der Waals surface area contributed by atoms with Gasteiger partial charge in [-0.25, -0.2) is 0 Å². The van der Waals surface area contributed by atoms with Gasteiger partial charge < -0.3 is 10.8 Å². The molecular weight excluding hydrogens is 142 g/mol. The van der Waals surface area contributed by atoms with Crippen molar-refractivity contribution in [2.24, 2.45) is 17.6 Å². The van der Waals surface area contributed by atoms with E-state index in [1.807, 2.05) is 0 Å². The van der Waals surface area contributed by atoms with Gasteiger partial charge in [-0.05, 0) is 31.1 Å². The first-order chi connectivity index (χ1) is 5.13. The molecule has 11 heavy (non-hydrogen) atoms. The van der Waals surface area contributed by atoms with Crippen LogP contribution in [-0.4, -0.2) is 16.6 Å². The molecule has 2 aliphatic carbocycles. The zero-order valence-electron chi connectivity index (χ0n) is 6.42. The topological polar surface area (TPSA) is 63.3 Å². The van der Waals surface area contributed by atoms with Gasteiger partial charge in [-0.1, -0.05) is 6.42 Å². The molecular formula is C8H13NO2. The lowest BCUT2D eigenvalue weighted by atomic mass is 9.82. The average molecular weight is 155 g/mol. The molecule has 2 aliphatic rings. The van der Waals surface area contributed by atoms with E-state index in [9.17, 15) is 4.79 Å². The maximum Gasteiger partial charge on any atom is 0.323 e. The molecule has 0 aromatic rings. The van der Waals surface area contributed by atoms with Crippen molar-refractivity contribution in [3.05, 3.63) is 0 Å². The van der Waals surface area contributed by atoms with Gasteiger partial charge in [0, 0.05) is 0 Å². The highest BCUT2D eigenvalue weighted by Crippen LogP contribution is 2.49. The quantitative estimate of drug-likeness (QED) is 0.582. The Morgan fingerprint density at radius 2 is 2.27 bits per heavy atom. The summed E-state index contributed by atoms with van der Waals surface area (Å²) < 4.78 is 0. The van der Waals surface area contributed by atoms with Gasteiger partial charge in [0.1, 0.15) is 5.54 Å². The van der Waals surface area contributed by atoms with E-state index < -0.39 is 11.5 Å². The molecule has 0 aromatic carbocycles. The zero-order chi connectivity index (χ0) is 8.06. The molecule has 3 N–H and O–H groups in total. The summed E-state index contributed by atoms with van der Waals surface area (Å²) in [6, 6.07) is 0. The van der Waals surface area contributed by atoms with Crippen LogP contribution in [0.25, 0.3) is 0 Å². The standard InChI is InChI=1S/C8H13NO2/c9-8(7(10)11)4-5-1-2-6(8)3-5/h5-6H,1-4,9H2,(H,10,11)/t5-,6-,8-/m1/s1. The van der Waals surface area contributed by atoms with E-state index in [1.54, 1.807) is 0 Å². The van der Waals surface area contributed by atoms with Crippen LogP contribution >= 0.6 is 0 Å². The van der Waals surface area contributed by atoms with E-state index in [-0.39, 0.29) is 5.92 Å². The second-order valence-electron chi connectivity index (χ2n) is 3.93. The Morgan fingerprint density at radius 3 is 2.55 bits per heavy atom. The van der Waals surface area contributed by atoms with Gasteiger partial charge in [0.2, 0.25) is 0 Å². The first-order valence-corrected chi connectivity index (χ1v) is 4.15. The number of aliphatic carboxylic acids is 1. The van der Waals surface area contributed by atoms with Gasteiger partial charge in [0.15, 0.2) is 0 Å². The maximum absolute atomic E-state index is 10.8. The van der Waals surface area contributed by atoms with Crippen LogP contribution in [0.3, 0.4) is 0 Å². The summed E-state index contributed by atoms with van der Waals surface area (Å²) in [6.07, 6.45) is 3.96. The summed E-state index contributed by atoms with van der Waals surface area (Å²) in [5.74, 6) is 0.0517. The molecule has 0 heterocycles. The van der Waals surface area contributed by atoms with Gasteiger partial charge in [0.25, 0.3) is 0 Å². The molecule has 2 fully saturated rings. The van der Waals surface area contributed by atoms with Crippen LogP contribution in [0.5, 0.6) is 0 Å². The predicted octanol–water partition coefficient (Wildman–Crippen LogP) is 0.588. The average Bonchev–Trinajstić information content (AvgIpc) is 2.45. The van der Waals surface area contributed by atoms with E-state index in [2.05, 4.69) is 0 Å². The number of rotatable bonds is 1. The van der Waals surface area contributed by atoms with Crippen LogP contribution in [-0.2, 0) is 4.79 Å². The van der Waals surface area contributed by atoms with Gasteiger partial charge >= 0.3 is 5.97 Å². The first kappa shape index (κ1) is 7.10. The van der Waals surface area contributed by atoms with E-state index in [4.69, 9.17) is 10.8 Å². The molecule has 0 spiro atoms. The lowest BCUT2D eigenvalue weighted by Crippen LogP contribution is -2.52. The maximum atomic E-state index is 10.8. The normalized spacial score (nSPS) is 48.1. The van der Waals surface area contributed by atoms with Gasteiger partial charge in [0.05, 0.1) is 0 Å². The second kappa shape index (κ2) is 1.97. The van der Waals surface area contributed by atoms with Crippen LogP contribution in [0.2, 0.25) is 0 Å². The number of hydrogen-bond acceptors (Lipinski definition) is 2. The van der Waals surface area contributed by atoms with Crippen molar-refractivity contribution < 1.29 is 9.90 Å². The SMILES string of the molecule is N[C@]1(C(=O)O)C[C@@H]2CC[C@@H]1C2. The lowest BCUT2D eigenvalue weighted by molar-refractivity contribution is -0.145. The minimum Gasteiger partial charge on any atom is -0.480 e. The van der Waals surface area contributed by atoms with E-state index in [1.165, 1.54) is 6.42 Å². The van der Waals surface area contributed by atoms with E-state index >= 15 is 0 Å². The molecule has 3 atom stereocenters. The second-order valence-corrected chi connectivity index (χ2v) is 3.93. The van der Waals surface area contributed by atoms with Crippen molar-refractivity contribution in [2.45, 2.75) is 31.2 Å². The summed E-state index contributed by atoms with van der Waals surface area (Å²) in [4.78, 5) is 10.8. The number of fused-ring (bicyclic) bond motifs is 2. The monoisotopic (exact) mass is 155 g/mol. The Morgan fingerprint density at radius 1 is 1.55 bits per heavy atom. The van der Waals surface area contributed by atoms with E-state index in [0.29, 0.717) is 12.3 Å². The Balaban J connectivity index is 2.23. The molecule has 0 saturated heterocycles. The van der Waals surface area contributed by atoms with Crippen molar-refractivity contribution in [2.75, 3.05) is 0 Å². The first-order valence-electron chi connectivity index (χ1n) is 4.15. The molecule has 0 aliphatic heterocycles. The molecule has 0 aromatic heterocycles. The summed E-state index contributed by atoms with van der Waals surface area (Å²) >= 11 is 0. The molecule has 2 bridgehead atoms. The predicted molar refractivity (Wildman–Crippen MR) is 40.0 cm³/mol. The Hall–Kier alpha value is -0.570. The number of nitrogens with two attached hydrogens (primary N) is 1. The third-order valence-corrected chi connectivity index (χ3v) is 3.29. The smallest absolute Gasteiger partial charge is 0.323 e. The summed E-state index contributed by atoms with van der Waals surface area (Å²) in [5, 5.41) is 8.87. The molecule has 2 rings (SSSR count). The van der Waals surface area contributed by atoms with Crippen LogP contribution in [0.1, 0.15) is 25.7 Å². The van der Waals surface area contributed by atoms with Crippen molar-refractivity contribution in [3.8, 4) is 0 Å². The number of hydrogen-bond donors (Lipinski definition) is 2. The molecule has 0 radical (unpaired) electrons. The number of carbonyl (C=O) groups is 1. The Labute approximate surface area is 65.6 Å². The highest BCUT2D eigenvalue weighted by atomic mass is 16.4. The fourth-order valence-corrected chi connectivity index (χ4v) is 2.63. The van der Waals surface area contributed by atoms with Gasteiger partial charge in [-0.3, -0.25) is 4.79 Å². The van der Waals surface area contributed by atoms with Crippen LogP contribution in [0.15, 0.2) is 0 Å².